The maximum atomic E-state index is 14.5. The van der Waals surface area contributed by atoms with Crippen LogP contribution in [0.25, 0.3) is 0 Å². The van der Waals surface area contributed by atoms with Crippen LogP contribution in [-0.2, 0) is 16.4 Å². The summed E-state index contributed by atoms with van der Waals surface area (Å²) in [5.74, 6) is -1.43. The summed E-state index contributed by atoms with van der Waals surface area (Å²) in [6.07, 6.45) is 5.25. The Balaban J connectivity index is 1.49. The van der Waals surface area contributed by atoms with Crippen molar-refractivity contribution in [2.24, 2.45) is 5.92 Å². The van der Waals surface area contributed by atoms with Crippen molar-refractivity contribution in [1.29, 1.82) is 0 Å². The van der Waals surface area contributed by atoms with E-state index >= 15 is 0 Å². The minimum Gasteiger partial charge on any atom is -0.492 e. The lowest BCUT2D eigenvalue weighted by Gasteiger charge is -2.14. The van der Waals surface area contributed by atoms with Crippen LogP contribution in [0.2, 0.25) is 5.02 Å². The second kappa shape index (κ2) is 8.43. The summed E-state index contributed by atoms with van der Waals surface area (Å²) < 4.78 is 47.2. The summed E-state index contributed by atoms with van der Waals surface area (Å²) in [6.45, 7) is 1.16. The first-order valence-electron chi connectivity index (χ1n) is 9.89. The molecule has 2 aromatic rings. The number of ether oxygens (including phenoxy) is 1. The van der Waals surface area contributed by atoms with Crippen LogP contribution in [0, 0.1) is 11.7 Å². The average Bonchev–Trinajstić information content (AvgIpc) is 3.38. The largest absolute Gasteiger partial charge is 0.492 e. The lowest BCUT2D eigenvalue weighted by molar-refractivity contribution is 0.0977. The second-order valence-electron chi connectivity index (χ2n) is 7.65. The minimum atomic E-state index is -4.17. The molecule has 1 heterocycles. The molecule has 1 amide bonds. The van der Waals surface area contributed by atoms with E-state index in [9.17, 15) is 17.6 Å². The van der Waals surface area contributed by atoms with E-state index in [1.54, 1.807) is 6.07 Å². The highest BCUT2D eigenvalue weighted by atomic mass is 35.5. The lowest BCUT2D eigenvalue weighted by atomic mass is 10.1. The molecule has 30 heavy (non-hydrogen) atoms. The average molecular weight is 453 g/mol. The van der Waals surface area contributed by atoms with Crippen LogP contribution in [0.5, 0.6) is 5.75 Å². The van der Waals surface area contributed by atoms with Crippen LogP contribution >= 0.6 is 11.6 Å². The monoisotopic (exact) mass is 452 g/mol. The van der Waals surface area contributed by atoms with Gasteiger partial charge in [0.05, 0.1) is 22.1 Å². The quantitative estimate of drug-likeness (QED) is 0.688. The maximum absolute atomic E-state index is 14.5. The number of benzene rings is 2. The third-order valence-corrected chi connectivity index (χ3v) is 7.17. The zero-order valence-electron chi connectivity index (χ0n) is 16.2. The Kier molecular flexibility index (Phi) is 5.88. The van der Waals surface area contributed by atoms with Crippen molar-refractivity contribution < 1.29 is 22.3 Å². The number of halogens is 2. The van der Waals surface area contributed by atoms with E-state index in [4.69, 9.17) is 16.3 Å². The van der Waals surface area contributed by atoms with E-state index in [0.717, 1.165) is 56.3 Å². The third kappa shape index (κ3) is 4.39. The van der Waals surface area contributed by atoms with Crippen molar-refractivity contribution in [2.75, 3.05) is 18.5 Å². The molecule has 0 unspecified atom stereocenters. The summed E-state index contributed by atoms with van der Waals surface area (Å²) >= 11 is 6.15. The molecule has 0 aromatic heterocycles. The number of amides is 1. The van der Waals surface area contributed by atoms with E-state index in [1.807, 2.05) is 4.72 Å². The topological polar surface area (TPSA) is 84.5 Å². The predicted octanol–water partition coefficient (Wildman–Crippen LogP) is 4.13. The summed E-state index contributed by atoms with van der Waals surface area (Å²) in [7, 11) is -4.17. The van der Waals surface area contributed by atoms with Crippen LogP contribution in [0.3, 0.4) is 0 Å². The molecule has 0 saturated heterocycles. The number of hydrogen-bond acceptors (Lipinski definition) is 5. The Morgan fingerprint density at radius 3 is 2.77 bits per heavy atom. The first kappa shape index (κ1) is 20.9. The maximum Gasteiger partial charge on any atom is 0.268 e. The van der Waals surface area contributed by atoms with E-state index in [1.165, 1.54) is 12.1 Å². The molecule has 2 N–H and O–H groups in total. The van der Waals surface area contributed by atoms with Gasteiger partial charge in [0.2, 0.25) is 0 Å². The molecule has 4 rings (SSSR count). The van der Waals surface area contributed by atoms with Crippen LogP contribution in [0.4, 0.5) is 10.1 Å². The Bertz CT molecular complexity index is 1080. The SMILES string of the molecule is O=C(NS(=O)(=O)c1ccc2c(c1)NCC2)c1cc(Cl)c(OCC2CCCC2)cc1F. The fourth-order valence-corrected chi connectivity index (χ4v) is 5.08. The van der Waals surface area contributed by atoms with Gasteiger partial charge in [-0.1, -0.05) is 30.5 Å². The van der Waals surface area contributed by atoms with Gasteiger partial charge in [-0.2, -0.15) is 0 Å². The summed E-state index contributed by atoms with van der Waals surface area (Å²) in [5, 5.41) is 3.14. The van der Waals surface area contributed by atoms with Gasteiger partial charge in [0.25, 0.3) is 15.9 Å². The second-order valence-corrected chi connectivity index (χ2v) is 9.74. The Hall–Kier alpha value is -2.32. The zero-order chi connectivity index (χ0) is 21.3. The summed E-state index contributed by atoms with van der Waals surface area (Å²) in [4.78, 5) is 12.4. The van der Waals surface area contributed by atoms with Gasteiger partial charge in [-0.15, -0.1) is 0 Å². The first-order valence-corrected chi connectivity index (χ1v) is 11.8. The third-order valence-electron chi connectivity index (χ3n) is 5.54. The molecule has 9 heteroatoms. The standard InChI is InChI=1S/C21H22ClFN2O4S/c22-17-10-16(18(23)11-20(17)29-12-13-3-1-2-4-13)21(26)25-30(27,28)15-6-5-14-7-8-24-19(14)9-15/h5-6,9-11,13,24H,1-4,7-8,12H2,(H,25,26). The molecular weight excluding hydrogens is 431 g/mol. The van der Waals surface area contributed by atoms with Gasteiger partial charge in [0.1, 0.15) is 11.6 Å². The van der Waals surface area contributed by atoms with Crippen molar-refractivity contribution in [1.82, 2.24) is 4.72 Å². The number of nitrogens with one attached hydrogen (secondary N) is 2. The van der Waals surface area contributed by atoms with Crippen molar-refractivity contribution in [3.05, 3.63) is 52.3 Å². The Morgan fingerprint density at radius 1 is 1.23 bits per heavy atom. The highest BCUT2D eigenvalue weighted by Gasteiger charge is 2.24. The fraction of sp³-hybridized carbons (Fsp3) is 0.381. The molecule has 0 spiro atoms. The molecule has 1 aliphatic carbocycles. The number of hydrogen-bond donors (Lipinski definition) is 2. The molecule has 1 saturated carbocycles. The molecule has 2 aliphatic rings. The van der Waals surface area contributed by atoms with E-state index in [-0.39, 0.29) is 15.7 Å². The van der Waals surface area contributed by atoms with Crippen molar-refractivity contribution in [3.63, 3.8) is 0 Å². The molecule has 0 bridgehead atoms. The van der Waals surface area contributed by atoms with Gasteiger partial charge in [-0.25, -0.2) is 17.5 Å². The van der Waals surface area contributed by atoms with Crippen LogP contribution < -0.4 is 14.8 Å². The number of rotatable bonds is 6. The van der Waals surface area contributed by atoms with Gasteiger partial charge in [0, 0.05) is 18.3 Å². The molecule has 0 atom stereocenters. The molecule has 6 nitrogen and oxygen atoms in total. The van der Waals surface area contributed by atoms with Crippen molar-refractivity contribution in [2.45, 2.75) is 37.0 Å². The van der Waals surface area contributed by atoms with Gasteiger partial charge < -0.3 is 10.1 Å². The van der Waals surface area contributed by atoms with Crippen LogP contribution in [0.1, 0.15) is 41.6 Å². The number of sulfonamides is 1. The molecule has 1 fully saturated rings. The van der Waals surface area contributed by atoms with E-state index in [0.29, 0.717) is 18.2 Å². The normalized spacial score (nSPS) is 16.2. The molecule has 0 radical (unpaired) electrons. The van der Waals surface area contributed by atoms with Gasteiger partial charge in [0.15, 0.2) is 0 Å². The highest BCUT2D eigenvalue weighted by molar-refractivity contribution is 7.90. The van der Waals surface area contributed by atoms with E-state index < -0.39 is 27.3 Å². The predicted molar refractivity (Wildman–Crippen MR) is 112 cm³/mol. The van der Waals surface area contributed by atoms with Crippen molar-refractivity contribution >= 4 is 33.2 Å². The molecule has 160 valence electrons. The lowest BCUT2D eigenvalue weighted by Crippen LogP contribution is -2.31. The Morgan fingerprint density at radius 2 is 2.00 bits per heavy atom. The van der Waals surface area contributed by atoms with Crippen LogP contribution in [-0.4, -0.2) is 27.5 Å². The van der Waals surface area contributed by atoms with Gasteiger partial charge in [-0.3, -0.25) is 4.79 Å². The smallest absolute Gasteiger partial charge is 0.268 e. The summed E-state index contributed by atoms with van der Waals surface area (Å²) in [6, 6.07) is 6.70. The first-order chi connectivity index (χ1) is 14.3. The van der Waals surface area contributed by atoms with Gasteiger partial charge in [-0.05, 0) is 48.9 Å². The number of carbonyl (C=O) groups excluding carboxylic acids is 1. The number of fused-ring (bicyclic) bond motifs is 1. The number of carbonyl (C=O) groups is 1. The minimum absolute atomic E-state index is 0.0543. The van der Waals surface area contributed by atoms with E-state index in [2.05, 4.69) is 5.32 Å². The number of anilines is 1. The molecular formula is C21H22ClFN2O4S. The fourth-order valence-electron chi connectivity index (χ4n) is 3.87. The zero-order valence-corrected chi connectivity index (χ0v) is 17.8. The molecule has 2 aromatic carbocycles. The molecule has 1 aliphatic heterocycles. The van der Waals surface area contributed by atoms with Crippen LogP contribution in [0.15, 0.2) is 35.2 Å². The summed E-state index contributed by atoms with van der Waals surface area (Å²) in [5.41, 5.74) is 1.26. The van der Waals surface area contributed by atoms with Gasteiger partial charge >= 0.3 is 0 Å². The van der Waals surface area contributed by atoms with Crippen molar-refractivity contribution in [3.8, 4) is 5.75 Å². The Labute approximate surface area is 179 Å². The highest BCUT2D eigenvalue weighted by Crippen LogP contribution is 2.31.